The van der Waals surface area contributed by atoms with Crippen LogP contribution in [0.25, 0.3) is 10.3 Å². The summed E-state index contributed by atoms with van der Waals surface area (Å²) >= 11 is 1.70. The Kier molecular flexibility index (Phi) is 5.91. The Balaban J connectivity index is 1.40. The molecule has 4 rings (SSSR count). The lowest BCUT2D eigenvalue weighted by molar-refractivity contribution is 0.134. The fourth-order valence-corrected chi connectivity index (χ4v) is 4.73. The molecule has 1 fully saturated rings. The maximum Gasteiger partial charge on any atom is 0.218 e. The lowest BCUT2D eigenvalue weighted by atomic mass is 9.96. The van der Waals surface area contributed by atoms with Gasteiger partial charge in [-0.1, -0.05) is 0 Å². The molecule has 7 nitrogen and oxygen atoms in total. The van der Waals surface area contributed by atoms with E-state index >= 15 is 0 Å². The number of aromatic nitrogens is 4. The van der Waals surface area contributed by atoms with Crippen LogP contribution < -0.4 is 10.1 Å². The molecule has 0 saturated carbocycles. The summed E-state index contributed by atoms with van der Waals surface area (Å²) in [5, 5.41) is 4.54. The van der Waals surface area contributed by atoms with E-state index in [4.69, 9.17) is 9.72 Å². The third kappa shape index (κ3) is 4.64. The number of nitrogens with zero attached hydrogens (tertiary/aromatic N) is 5. The Morgan fingerprint density at radius 1 is 1.24 bits per heavy atom. The quantitative estimate of drug-likeness (QED) is 0.656. The van der Waals surface area contributed by atoms with Gasteiger partial charge in [-0.05, 0) is 58.2 Å². The van der Waals surface area contributed by atoms with Gasteiger partial charge in [0.05, 0.1) is 22.5 Å². The molecule has 154 valence electrons. The highest BCUT2D eigenvalue weighted by atomic mass is 32.1. The van der Waals surface area contributed by atoms with Crippen molar-refractivity contribution in [1.82, 2.24) is 24.8 Å². The van der Waals surface area contributed by atoms with E-state index in [1.165, 1.54) is 12.8 Å². The fraction of sp³-hybridized carbons (Fsp3) is 0.524. The summed E-state index contributed by atoms with van der Waals surface area (Å²) in [6.45, 7) is 9.21. The topological polar surface area (TPSA) is 76.1 Å². The summed E-state index contributed by atoms with van der Waals surface area (Å²) in [6.07, 6.45) is 2.41. The second-order valence-corrected chi connectivity index (χ2v) is 8.93. The zero-order valence-corrected chi connectivity index (χ0v) is 18.3. The number of piperidine rings is 1. The molecule has 4 heterocycles. The van der Waals surface area contributed by atoms with Crippen LogP contribution in [0, 0.1) is 19.8 Å². The number of hydrogen-bond acceptors (Lipinski definition) is 8. The number of aryl methyl sites for hydroxylation is 2. The van der Waals surface area contributed by atoms with Crippen molar-refractivity contribution in [1.29, 1.82) is 0 Å². The Morgan fingerprint density at radius 3 is 2.93 bits per heavy atom. The van der Waals surface area contributed by atoms with Gasteiger partial charge in [0.25, 0.3) is 0 Å². The lowest BCUT2D eigenvalue weighted by Crippen LogP contribution is -2.39. The second-order valence-electron chi connectivity index (χ2n) is 7.69. The van der Waals surface area contributed by atoms with Gasteiger partial charge in [0.2, 0.25) is 5.88 Å². The van der Waals surface area contributed by atoms with Crippen molar-refractivity contribution in [3.05, 3.63) is 34.7 Å². The third-order valence-corrected chi connectivity index (χ3v) is 6.43. The van der Waals surface area contributed by atoms with Gasteiger partial charge in [-0.3, -0.25) is 4.90 Å². The number of anilines is 1. The van der Waals surface area contributed by atoms with Gasteiger partial charge in [0.15, 0.2) is 5.65 Å². The Hall–Kier alpha value is -2.32. The van der Waals surface area contributed by atoms with Crippen LogP contribution in [0.1, 0.15) is 42.3 Å². The first-order valence-electron chi connectivity index (χ1n) is 10.1. The molecule has 0 spiro atoms. The summed E-state index contributed by atoms with van der Waals surface area (Å²) in [4.78, 5) is 20.6. The molecule has 0 amide bonds. The Bertz CT molecular complexity index is 990. The van der Waals surface area contributed by atoms with Crippen LogP contribution >= 0.6 is 11.3 Å². The summed E-state index contributed by atoms with van der Waals surface area (Å²) < 4.78 is 6.41. The molecule has 1 N–H and O–H groups in total. The van der Waals surface area contributed by atoms with E-state index < -0.39 is 0 Å². The number of rotatable bonds is 6. The highest BCUT2D eigenvalue weighted by molar-refractivity contribution is 7.18. The SMILES string of the molecule is COc1cc(NC[C@H]2CCCN(C(C)c3ccc4sc(C)nc4n3)C2)nc(C)n1. The number of likely N-dealkylation sites (tertiary alicyclic amines) is 1. The molecule has 1 aliphatic heterocycles. The van der Waals surface area contributed by atoms with Gasteiger partial charge in [-0.25, -0.2) is 15.0 Å². The zero-order chi connectivity index (χ0) is 20.4. The summed E-state index contributed by atoms with van der Waals surface area (Å²) in [6, 6.07) is 6.45. The molecule has 0 aliphatic carbocycles. The number of fused-ring (bicyclic) bond motifs is 1. The molecule has 0 radical (unpaired) electrons. The van der Waals surface area contributed by atoms with E-state index in [9.17, 15) is 0 Å². The van der Waals surface area contributed by atoms with E-state index in [1.807, 2.05) is 19.9 Å². The summed E-state index contributed by atoms with van der Waals surface area (Å²) in [7, 11) is 1.63. The van der Waals surface area contributed by atoms with E-state index in [-0.39, 0.29) is 6.04 Å². The third-order valence-electron chi connectivity index (χ3n) is 5.50. The molecular formula is C21H28N6OS. The molecule has 3 aromatic rings. The van der Waals surface area contributed by atoms with E-state index in [0.717, 1.165) is 46.5 Å². The largest absolute Gasteiger partial charge is 0.481 e. The maximum atomic E-state index is 5.25. The normalized spacial score (nSPS) is 18.7. The minimum atomic E-state index is 0.283. The number of thiazole rings is 1. The van der Waals surface area contributed by atoms with Crippen LogP contribution in [-0.2, 0) is 0 Å². The van der Waals surface area contributed by atoms with Crippen LogP contribution in [-0.4, -0.2) is 51.6 Å². The Morgan fingerprint density at radius 2 is 2.10 bits per heavy atom. The number of pyridine rings is 1. The van der Waals surface area contributed by atoms with Crippen molar-refractivity contribution in [2.45, 2.75) is 39.7 Å². The zero-order valence-electron chi connectivity index (χ0n) is 17.5. The minimum Gasteiger partial charge on any atom is -0.481 e. The minimum absolute atomic E-state index is 0.283. The molecule has 0 bridgehead atoms. The van der Waals surface area contributed by atoms with Crippen LogP contribution in [0.2, 0.25) is 0 Å². The number of ether oxygens (including phenoxy) is 1. The van der Waals surface area contributed by atoms with Crippen LogP contribution in [0.3, 0.4) is 0 Å². The van der Waals surface area contributed by atoms with Crippen molar-refractivity contribution < 1.29 is 4.74 Å². The second kappa shape index (κ2) is 8.59. The Labute approximate surface area is 175 Å². The maximum absolute atomic E-state index is 5.25. The average Bonchev–Trinajstić information content (AvgIpc) is 3.10. The average molecular weight is 413 g/mol. The highest BCUT2D eigenvalue weighted by Crippen LogP contribution is 2.28. The van der Waals surface area contributed by atoms with Crippen molar-refractivity contribution in [3.8, 4) is 5.88 Å². The lowest BCUT2D eigenvalue weighted by Gasteiger charge is -2.36. The first-order valence-corrected chi connectivity index (χ1v) is 10.9. The molecule has 1 aliphatic rings. The van der Waals surface area contributed by atoms with E-state index in [1.54, 1.807) is 18.4 Å². The molecule has 0 aromatic carbocycles. The van der Waals surface area contributed by atoms with Crippen molar-refractivity contribution in [2.24, 2.45) is 5.92 Å². The predicted molar refractivity (Wildman–Crippen MR) is 117 cm³/mol. The van der Waals surface area contributed by atoms with Gasteiger partial charge in [-0.2, -0.15) is 4.98 Å². The fourth-order valence-electron chi connectivity index (χ4n) is 3.96. The number of hydrogen-bond donors (Lipinski definition) is 1. The van der Waals surface area contributed by atoms with Gasteiger partial charge in [0.1, 0.15) is 11.6 Å². The standard InChI is InChI=1S/C21H28N6OS/c1-13(17-7-8-18-21(26-17)25-15(3)29-18)27-9-5-6-16(12-27)11-22-19-10-20(28-4)24-14(2)23-19/h7-8,10,13,16H,5-6,9,11-12H2,1-4H3,(H,22,23,24)/t13?,16-/m1/s1. The van der Waals surface area contributed by atoms with Gasteiger partial charge < -0.3 is 10.1 Å². The molecule has 29 heavy (non-hydrogen) atoms. The number of nitrogens with one attached hydrogen (secondary N) is 1. The first kappa shape index (κ1) is 20.0. The molecule has 8 heteroatoms. The van der Waals surface area contributed by atoms with E-state index in [2.05, 4.69) is 44.2 Å². The summed E-state index contributed by atoms with van der Waals surface area (Å²) in [5.74, 6) is 2.70. The predicted octanol–water partition coefficient (Wildman–Crippen LogP) is 3.99. The molecule has 1 saturated heterocycles. The van der Waals surface area contributed by atoms with Crippen molar-refractivity contribution >= 4 is 27.5 Å². The molecule has 3 aromatic heterocycles. The highest BCUT2D eigenvalue weighted by Gasteiger charge is 2.25. The number of methoxy groups -OCH3 is 1. The van der Waals surface area contributed by atoms with Gasteiger partial charge in [0, 0.05) is 25.2 Å². The van der Waals surface area contributed by atoms with E-state index in [0.29, 0.717) is 17.6 Å². The van der Waals surface area contributed by atoms with Crippen molar-refractivity contribution in [2.75, 3.05) is 32.1 Å². The monoisotopic (exact) mass is 412 g/mol. The molecule has 2 atom stereocenters. The van der Waals surface area contributed by atoms with Crippen LogP contribution in [0.5, 0.6) is 5.88 Å². The smallest absolute Gasteiger partial charge is 0.218 e. The van der Waals surface area contributed by atoms with Gasteiger partial charge in [-0.15, -0.1) is 11.3 Å². The first-order chi connectivity index (χ1) is 14.0. The molecular weight excluding hydrogens is 384 g/mol. The van der Waals surface area contributed by atoms with Gasteiger partial charge >= 0.3 is 0 Å². The van der Waals surface area contributed by atoms with Crippen LogP contribution in [0.4, 0.5) is 5.82 Å². The van der Waals surface area contributed by atoms with Crippen LogP contribution in [0.15, 0.2) is 18.2 Å². The van der Waals surface area contributed by atoms with Crippen molar-refractivity contribution in [3.63, 3.8) is 0 Å². The summed E-state index contributed by atoms with van der Waals surface area (Å²) in [5.41, 5.74) is 1.98. The molecule has 1 unspecified atom stereocenters.